The van der Waals surface area contributed by atoms with Crippen LogP contribution in [0.25, 0.3) is 0 Å². The molecule has 0 saturated heterocycles. The average molecular weight is 210 g/mol. The van der Waals surface area contributed by atoms with Gasteiger partial charge in [0, 0.05) is 12.6 Å². The number of amides is 1. The maximum Gasteiger partial charge on any atom is 0.244 e. The standard InChI is InChI=1S/C12H22N2O/c1-4-7-8-9-11(15)14-12(5-2,6-3)10-13/h4,7-9H,5-6,10,13H2,1-3H3,(H,14,15). The Balaban J connectivity index is 4.35. The summed E-state index contributed by atoms with van der Waals surface area (Å²) in [6.45, 7) is 6.45. The summed E-state index contributed by atoms with van der Waals surface area (Å²) in [6.07, 6.45) is 8.64. The third kappa shape index (κ3) is 4.79. The zero-order valence-corrected chi connectivity index (χ0v) is 9.92. The molecular formula is C12H22N2O. The van der Waals surface area contributed by atoms with E-state index in [4.69, 9.17) is 5.73 Å². The molecule has 0 radical (unpaired) electrons. The minimum Gasteiger partial charge on any atom is -0.346 e. The monoisotopic (exact) mass is 210 g/mol. The second-order valence-electron chi connectivity index (χ2n) is 3.57. The van der Waals surface area contributed by atoms with Gasteiger partial charge in [-0.05, 0) is 19.8 Å². The molecular weight excluding hydrogens is 188 g/mol. The van der Waals surface area contributed by atoms with Gasteiger partial charge < -0.3 is 11.1 Å². The molecule has 3 nitrogen and oxygen atoms in total. The van der Waals surface area contributed by atoms with Gasteiger partial charge in [-0.2, -0.15) is 0 Å². The highest BCUT2D eigenvalue weighted by atomic mass is 16.1. The van der Waals surface area contributed by atoms with Crippen molar-refractivity contribution in [3.63, 3.8) is 0 Å². The molecule has 0 aliphatic heterocycles. The van der Waals surface area contributed by atoms with Gasteiger partial charge in [0.25, 0.3) is 0 Å². The first-order valence-corrected chi connectivity index (χ1v) is 5.45. The van der Waals surface area contributed by atoms with E-state index < -0.39 is 0 Å². The van der Waals surface area contributed by atoms with Gasteiger partial charge in [0.05, 0.1) is 5.54 Å². The summed E-state index contributed by atoms with van der Waals surface area (Å²) < 4.78 is 0. The van der Waals surface area contributed by atoms with Crippen LogP contribution >= 0.6 is 0 Å². The predicted molar refractivity (Wildman–Crippen MR) is 64.5 cm³/mol. The van der Waals surface area contributed by atoms with Crippen molar-refractivity contribution in [2.24, 2.45) is 5.73 Å². The smallest absolute Gasteiger partial charge is 0.244 e. The third-order valence-corrected chi connectivity index (χ3v) is 2.68. The fourth-order valence-corrected chi connectivity index (χ4v) is 1.32. The number of nitrogens with one attached hydrogen (secondary N) is 1. The number of rotatable bonds is 6. The Morgan fingerprint density at radius 3 is 2.33 bits per heavy atom. The molecule has 86 valence electrons. The Morgan fingerprint density at radius 1 is 1.33 bits per heavy atom. The summed E-state index contributed by atoms with van der Waals surface area (Å²) in [7, 11) is 0. The lowest BCUT2D eigenvalue weighted by atomic mass is 9.93. The molecule has 0 rings (SSSR count). The van der Waals surface area contributed by atoms with Crippen molar-refractivity contribution in [1.82, 2.24) is 5.32 Å². The molecule has 3 heteroatoms. The molecule has 0 aromatic heterocycles. The van der Waals surface area contributed by atoms with E-state index in [2.05, 4.69) is 5.32 Å². The van der Waals surface area contributed by atoms with Gasteiger partial charge in [0.15, 0.2) is 0 Å². The number of carbonyl (C=O) groups excluding carboxylic acids is 1. The summed E-state index contributed by atoms with van der Waals surface area (Å²) in [6, 6.07) is 0. The fraction of sp³-hybridized carbons (Fsp3) is 0.583. The molecule has 1 amide bonds. The number of hydrogen-bond acceptors (Lipinski definition) is 2. The topological polar surface area (TPSA) is 55.1 Å². The highest BCUT2D eigenvalue weighted by molar-refractivity contribution is 5.88. The average Bonchev–Trinajstić information content (AvgIpc) is 2.26. The Kier molecular flexibility index (Phi) is 6.71. The third-order valence-electron chi connectivity index (χ3n) is 2.68. The summed E-state index contributed by atoms with van der Waals surface area (Å²) in [5.41, 5.74) is 5.43. The Bertz CT molecular complexity index is 232. The number of carbonyl (C=O) groups is 1. The quantitative estimate of drug-likeness (QED) is 0.518. The summed E-state index contributed by atoms with van der Waals surface area (Å²) in [5, 5.41) is 2.95. The zero-order valence-electron chi connectivity index (χ0n) is 9.92. The molecule has 0 atom stereocenters. The molecule has 0 heterocycles. The van der Waals surface area contributed by atoms with E-state index >= 15 is 0 Å². The second kappa shape index (κ2) is 7.23. The molecule has 0 aromatic rings. The van der Waals surface area contributed by atoms with Crippen molar-refractivity contribution in [1.29, 1.82) is 0 Å². The normalized spacial score (nSPS) is 12.5. The van der Waals surface area contributed by atoms with Crippen LogP contribution in [-0.4, -0.2) is 18.0 Å². The predicted octanol–water partition coefficient (Wildman–Crippen LogP) is 1.75. The van der Waals surface area contributed by atoms with Gasteiger partial charge in [-0.15, -0.1) is 0 Å². The zero-order chi connectivity index (χ0) is 11.7. The largest absolute Gasteiger partial charge is 0.346 e. The van der Waals surface area contributed by atoms with Crippen molar-refractivity contribution >= 4 is 5.91 Å². The highest BCUT2D eigenvalue weighted by Gasteiger charge is 2.24. The van der Waals surface area contributed by atoms with Crippen LogP contribution in [0.15, 0.2) is 24.3 Å². The van der Waals surface area contributed by atoms with Crippen LogP contribution in [0, 0.1) is 0 Å². The van der Waals surface area contributed by atoms with Crippen molar-refractivity contribution < 1.29 is 4.79 Å². The van der Waals surface area contributed by atoms with Gasteiger partial charge in [-0.3, -0.25) is 4.79 Å². The van der Waals surface area contributed by atoms with E-state index in [1.54, 1.807) is 6.08 Å². The van der Waals surface area contributed by atoms with Gasteiger partial charge in [-0.25, -0.2) is 0 Å². The SMILES string of the molecule is CC=CC=CC(=O)NC(CC)(CC)CN. The van der Waals surface area contributed by atoms with Crippen molar-refractivity contribution in [2.45, 2.75) is 39.2 Å². The summed E-state index contributed by atoms with van der Waals surface area (Å²) in [4.78, 5) is 11.5. The van der Waals surface area contributed by atoms with Gasteiger partial charge in [0.2, 0.25) is 5.91 Å². The number of allylic oxidation sites excluding steroid dienone is 3. The van der Waals surface area contributed by atoms with E-state index in [1.807, 2.05) is 32.9 Å². The lowest BCUT2D eigenvalue weighted by molar-refractivity contribution is -0.118. The lowest BCUT2D eigenvalue weighted by Crippen LogP contribution is -2.52. The molecule has 15 heavy (non-hydrogen) atoms. The van der Waals surface area contributed by atoms with Crippen LogP contribution in [0.4, 0.5) is 0 Å². The van der Waals surface area contributed by atoms with Crippen molar-refractivity contribution in [3.05, 3.63) is 24.3 Å². The molecule has 0 bridgehead atoms. The maximum absolute atomic E-state index is 11.5. The van der Waals surface area contributed by atoms with Gasteiger partial charge >= 0.3 is 0 Å². The van der Waals surface area contributed by atoms with Gasteiger partial charge in [-0.1, -0.05) is 32.1 Å². The van der Waals surface area contributed by atoms with Crippen LogP contribution in [0.5, 0.6) is 0 Å². The number of nitrogens with two attached hydrogens (primary N) is 1. The fourth-order valence-electron chi connectivity index (χ4n) is 1.32. The van der Waals surface area contributed by atoms with E-state index in [0.29, 0.717) is 6.54 Å². The summed E-state index contributed by atoms with van der Waals surface area (Å²) >= 11 is 0. The van der Waals surface area contributed by atoms with Crippen LogP contribution in [0.2, 0.25) is 0 Å². The van der Waals surface area contributed by atoms with Crippen LogP contribution in [0.3, 0.4) is 0 Å². The van der Waals surface area contributed by atoms with Gasteiger partial charge in [0.1, 0.15) is 0 Å². The molecule has 0 unspecified atom stereocenters. The molecule has 0 aromatic carbocycles. The first-order chi connectivity index (χ1) is 7.14. The molecule has 0 saturated carbocycles. The van der Waals surface area contributed by atoms with E-state index in [0.717, 1.165) is 12.8 Å². The molecule has 0 spiro atoms. The van der Waals surface area contributed by atoms with E-state index in [9.17, 15) is 4.79 Å². The van der Waals surface area contributed by atoms with E-state index in [-0.39, 0.29) is 11.4 Å². The first kappa shape index (κ1) is 13.9. The number of hydrogen-bond donors (Lipinski definition) is 2. The van der Waals surface area contributed by atoms with Crippen LogP contribution < -0.4 is 11.1 Å². The molecule has 3 N–H and O–H groups in total. The molecule has 0 aliphatic carbocycles. The highest BCUT2D eigenvalue weighted by Crippen LogP contribution is 2.12. The van der Waals surface area contributed by atoms with Crippen LogP contribution in [-0.2, 0) is 4.79 Å². The van der Waals surface area contributed by atoms with E-state index in [1.165, 1.54) is 6.08 Å². The maximum atomic E-state index is 11.5. The second-order valence-corrected chi connectivity index (χ2v) is 3.57. The Labute approximate surface area is 92.4 Å². The Morgan fingerprint density at radius 2 is 1.93 bits per heavy atom. The molecule has 0 aliphatic rings. The summed E-state index contributed by atoms with van der Waals surface area (Å²) in [5.74, 6) is -0.0812. The lowest BCUT2D eigenvalue weighted by Gasteiger charge is -2.30. The van der Waals surface area contributed by atoms with Crippen molar-refractivity contribution in [2.75, 3.05) is 6.54 Å². The molecule has 0 fully saturated rings. The van der Waals surface area contributed by atoms with Crippen LogP contribution in [0.1, 0.15) is 33.6 Å². The first-order valence-electron chi connectivity index (χ1n) is 5.45. The minimum atomic E-state index is -0.253. The Hall–Kier alpha value is -1.09. The van der Waals surface area contributed by atoms with Crippen molar-refractivity contribution in [3.8, 4) is 0 Å². The minimum absolute atomic E-state index is 0.0812.